The van der Waals surface area contributed by atoms with Crippen LogP contribution in [0.25, 0.3) is 0 Å². The molecule has 0 aliphatic heterocycles. The molecule has 0 saturated carbocycles. The average molecular weight is 202 g/mol. The lowest BCUT2D eigenvalue weighted by Crippen LogP contribution is -2.12. The van der Waals surface area contributed by atoms with Gasteiger partial charge in [0.2, 0.25) is 0 Å². The number of nitrogens with zero attached hydrogens (tertiary/aromatic N) is 1. The fourth-order valence-electron chi connectivity index (χ4n) is 1.55. The van der Waals surface area contributed by atoms with E-state index in [1.165, 1.54) is 0 Å². The highest BCUT2D eigenvalue weighted by atomic mass is 16.3. The fourth-order valence-corrected chi connectivity index (χ4v) is 1.55. The lowest BCUT2D eigenvalue weighted by molar-refractivity contribution is 0.528. The zero-order valence-electron chi connectivity index (χ0n) is 8.68. The highest BCUT2D eigenvalue weighted by Gasteiger charge is 2.09. The summed E-state index contributed by atoms with van der Waals surface area (Å²) in [6.45, 7) is 1.92. The van der Waals surface area contributed by atoms with Crippen molar-refractivity contribution in [1.29, 1.82) is 0 Å². The number of aryl methyl sites for hydroxylation is 1. The van der Waals surface area contributed by atoms with E-state index in [9.17, 15) is 0 Å². The molecule has 2 rings (SSSR count). The highest BCUT2D eigenvalue weighted by molar-refractivity contribution is 5.20. The van der Waals surface area contributed by atoms with Gasteiger partial charge in [-0.1, -0.05) is 6.07 Å². The maximum atomic E-state index is 6.05. The molecule has 78 valence electrons. The van der Waals surface area contributed by atoms with Gasteiger partial charge < -0.3 is 10.2 Å². The predicted molar refractivity (Wildman–Crippen MR) is 58.3 cm³/mol. The van der Waals surface area contributed by atoms with E-state index in [0.717, 1.165) is 23.3 Å². The second-order valence-corrected chi connectivity index (χ2v) is 3.66. The first-order valence-electron chi connectivity index (χ1n) is 4.95. The highest BCUT2D eigenvalue weighted by Crippen LogP contribution is 2.17. The van der Waals surface area contributed by atoms with Gasteiger partial charge in [-0.15, -0.1) is 0 Å². The molecule has 0 spiro atoms. The van der Waals surface area contributed by atoms with Crippen molar-refractivity contribution < 1.29 is 4.42 Å². The van der Waals surface area contributed by atoms with Crippen molar-refractivity contribution in [2.24, 2.45) is 5.73 Å². The van der Waals surface area contributed by atoms with Crippen LogP contribution < -0.4 is 5.73 Å². The van der Waals surface area contributed by atoms with Crippen molar-refractivity contribution in [3.05, 3.63) is 53.7 Å². The summed E-state index contributed by atoms with van der Waals surface area (Å²) in [6, 6.07) is 5.90. The van der Waals surface area contributed by atoms with Gasteiger partial charge in [-0.25, -0.2) is 0 Å². The van der Waals surface area contributed by atoms with E-state index in [1.54, 1.807) is 12.5 Å². The lowest BCUT2D eigenvalue weighted by atomic mass is 10.0. The molecule has 0 aromatic carbocycles. The third-order valence-corrected chi connectivity index (χ3v) is 2.36. The Labute approximate surface area is 88.9 Å². The summed E-state index contributed by atoms with van der Waals surface area (Å²) in [5, 5.41) is 0. The number of aromatic nitrogens is 1. The third kappa shape index (κ3) is 2.44. The SMILES string of the molecule is Cc1cc(C(N)Cc2cccnc2)co1. The van der Waals surface area contributed by atoms with Gasteiger partial charge in [0.15, 0.2) is 0 Å². The van der Waals surface area contributed by atoms with Crippen LogP contribution in [0.5, 0.6) is 0 Å². The second kappa shape index (κ2) is 4.28. The first-order valence-corrected chi connectivity index (χ1v) is 4.95. The smallest absolute Gasteiger partial charge is 0.101 e. The molecule has 0 bridgehead atoms. The Bertz CT molecular complexity index is 422. The largest absolute Gasteiger partial charge is 0.469 e. The molecule has 0 aliphatic carbocycles. The predicted octanol–water partition coefficient (Wildman–Crippen LogP) is 2.23. The van der Waals surface area contributed by atoms with Crippen LogP contribution in [0.3, 0.4) is 0 Å². The Balaban J connectivity index is 2.07. The summed E-state index contributed by atoms with van der Waals surface area (Å²) in [5.41, 5.74) is 8.23. The van der Waals surface area contributed by atoms with Gasteiger partial charge in [0, 0.05) is 24.0 Å². The topological polar surface area (TPSA) is 52.0 Å². The number of rotatable bonds is 3. The number of hydrogen-bond acceptors (Lipinski definition) is 3. The maximum Gasteiger partial charge on any atom is 0.101 e. The number of hydrogen-bond donors (Lipinski definition) is 1. The van der Waals surface area contributed by atoms with Crippen molar-refractivity contribution in [3.63, 3.8) is 0 Å². The summed E-state index contributed by atoms with van der Waals surface area (Å²) in [4.78, 5) is 4.06. The zero-order valence-corrected chi connectivity index (χ0v) is 8.68. The molecule has 3 nitrogen and oxygen atoms in total. The summed E-state index contributed by atoms with van der Waals surface area (Å²) in [6.07, 6.45) is 6.10. The molecule has 2 N–H and O–H groups in total. The van der Waals surface area contributed by atoms with Crippen LogP contribution in [-0.4, -0.2) is 4.98 Å². The van der Waals surface area contributed by atoms with Gasteiger partial charge in [-0.2, -0.15) is 0 Å². The average Bonchev–Trinajstić information content (AvgIpc) is 2.66. The van der Waals surface area contributed by atoms with Crippen molar-refractivity contribution >= 4 is 0 Å². The molecule has 0 aliphatic rings. The summed E-state index contributed by atoms with van der Waals surface area (Å²) >= 11 is 0. The molecule has 0 saturated heterocycles. The van der Waals surface area contributed by atoms with Crippen LogP contribution in [0.2, 0.25) is 0 Å². The van der Waals surface area contributed by atoms with E-state index in [-0.39, 0.29) is 6.04 Å². The Morgan fingerprint density at radius 3 is 3.00 bits per heavy atom. The van der Waals surface area contributed by atoms with E-state index in [2.05, 4.69) is 4.98 Å². The first kappa shape index (κ1) is 9.93. The van der Waals surface area contributed by atoms with Gasteiger partial charge in [0.05, 0.1) is 6.26 Å². The van der Waals surface area contributed by atoms with Crippen LogP contribution in [-0.2, 0) is 6.42 Å². The zero-order chi connectivity index (χ0) is 10.7. The van der Waals surface area contributed by atoms with Gasteiger partial charge in [0.1, 0.15) is 5.76 Å². The number of furan rings is 1. The lowest BCUT2D eigenvalue weighted by Gasteiger charge is -2.08. The second-order valence-electron chi connectivity index (χ2n) is 3.66. The molecule has 1 unspecified atom stereocenters. The normalized spacial score (nSPS) is 12.7. The van der Waals surface area contributed by atoms with Crippen molar-refractivity contribution in [2.45, 2.75) is 19.4 Å². The van der Waals surface area contributed by atoms with Gasteiger partial charge in [0.25, 0.3) is 0 Å². The standard InChI is InChI=1S/C12H14N2O/c1-9-5-11(8-15-9)12(13)6-10-3-2-4-14-7-10/h2-5,7-8,12H,6,13H2,1H3. The van der Waals surface area contributed by atoms with E-state index in [4.69, 9.17) is 10.2 Å². The minimum atomic E-state index is -0.0216. The molecule has 3 heteroatoms. The summed E-state index contributed by atoms with van der Waals surface area (Å²) < 4.78 is 5.23. The maximum absolute atomic E-state index is 6.05. The Hall–Kier alpha value is -1.61. The summed E-state index contributed by atoms with van der Waals surface area (Å²) in [5.74, 6) is 0.895. The van der Waals surface area contributed by atoms with Crippen LogP contribution >= 0.6 is 0 Å². The van der Waals surface area contributed by atoms with Gasteiger partial charge >= 0.3 is 0 Å². The summed E-state index contributed by atoms with van der Waals surface area (Å²) in [7, 11) is 0. The molecule has 0 radical (unpaired) electrons. The van der Waals surface area contributed by atoms with Crippen molar-refractivity contribution in [1.82, 2.24) is 4.98 Å². The molecule has 1 atom stereocenters. The Morgan fingerprint density at radius 1 is 1.53 bits per heavy atom. The number of pyridine rings is 1. The van der Waals surface area contributed by atoms with E-state index in [0.29, 0.717) is 0 Å². The van der Waals surface area contributed by atoms with Crippen molar-refractivity contribution in [3.8, 4) is 0 Å². The monoisotopic (exact) mass is 202 g/mol. The molecule has 0 fully saturated rings. The van der Waals surface area contributed by atoms with Gasteiger partial charge in [-0.3, -0.25) is 4.98 Å². The minimum absolute atomic E-state index is 0.0216. The fraction of sp³-hybridized carbons (Fsp3) is 0.250. The van der Waals surface area contributed by atoms with Crippen LogP contribution in [0.1, 0.15) is 22.9 Å². The molecule has 15 heavy (non-hydrogen) atoms. The van der Waals surface area contributed by atoms with Crippen LogP contribution in [0.15, 0.2) is 41.3 Å². The van der Waals surface area contributed by atoms with Crippen molar-refractivity contribution in [2.75, 3.05) is 0 Å². The van der Waals surface area contributed by atoms with E-state index < -0.39 is 0 Å². The molecule has 0 amide bonds. The van der Waals surface area contributed by atoms with Crippen LogP contribution in [0, 0.1) is 6.92 Å². The molecule has 2 aromatic rings. The Morgan fingerprint density at radius 2 is 2.40 bits per heavy atom. The number of nitrogens with two attached hydrogens (primary N) is 1. The Kier molecular flexibility index (Phi) is 2.83. The molecular formula is C12H14N2O. The first-order chi connectivity index (χ1) is 7.25. The van der Waals surface area contributed by atoms with E-state index >= 15 is 0 Å². The quantitative estimate of drug-likeness (QED) is 0.830. The van der Waals surface area contributed by atoms with E-state index in [1.807, 2.05) is 31.3 Å². The molecular weight excluding hydrogens is 188 g/mol. The molecule has 2 aromatic heterocycles. The molecule has 2 heterocycles. The minimum Gasteiger partial charge on any atom is -0.469 e. The van der Waals surface area contributed by atoms with Gasteiger partial charge in [-0.05, 0) is 31.0 Å². The van der Waals surface area contributed by atoms with Crippen LogP contribution in [0.4, 0.5) is 0 Å². The third-order valence-electron chi connectivity index (χ3n) is 2.36.